The van der Waals surface area contributed by atoms with Crippen LogP contribution in [0.1, 0.15) is 22.9 Å². The lowest BCUT2D eigenvalue weighted by Crippen LogP contribution is -2.13. The van der Waals surface area contributed by atoms with Gasteiger partial charge in [0.2, 0.25) is 0 Å². The highest BCUT2D eigenvalue weighted by Gasteiger charge is 2.13. The van der Waals surface area contributed by atoms with E-state index in [1.165, 1.54) is 28.2 Å². The number of anilines is 1. The SMILES string of the molecule is CCc1ccc(-c2csc(NC(=O)/C(C#N)=C/c3sccc3C)n2)cc1. The van der Waals surface area contributed by atoms with E-state index in [4.69, 9.17) is 0 Å². The van der Waals surface area contributed by atoms with Crippen molar-refractivity contribution in [2.45, 2.75) is 20.3 Å². The fraction of sp³-hybridized carbons (Fsp3) is 0.150. The highest BCUT2D eigenvalue weighted by molar-refractivity contribution is 7.14. The number of nitrogens with zero attached hydrogens (tertiary/aromatic N) is 2. The molecule has 1 aromatic carbocycles. The summed E-state index contributed by atoms with van der Waals surface area (Å²) in [5, 5.41) is 16.3. The quantitative estimate of drug-likeness (QED) is 0.484. The predicted molar refractivity (Wildman–Crippen MR) is 108 cm³/mol. The van der Waals surface area contributed by atoms with Crippen LogP contribution < -0.4 is 5.32 Å². The maximum atomic E-state index is 12.4. The summed E-state index contributed by atoms with van der Waals surface area (Å²) in [5.74, 6) is -0.442. The van der Waals surface area contributed by atoms with Gasteiger partial charge < -0.3 is 0 Å². The number of aryl methyl sites for hydroxylation is 2. The van der Waals surface area contributed by atoms with E-state index in [1.807, 2.05) is 42.0 Å². The third-order valence-electron chi connectivity index (χ3n) is 3.92. The number of hydrogen-bond donors (Lipinski definition) is 1. The molecule has 0 aliphatic carbocycles. The fourth-order valence-electron chi connectivity index (χ4n) is 2.35. The molecule has 130 valence electrons. The van der Waals surface area contributed by atoms with E-state index in [0.29, 0.717) is 5.13 Å². The Hall–Kier alpha value is -2.75. The summed E-state index contributed by atoms with van der Waals surface area (Å²) in [7, 11) is 0. The molecule has 0 fully saturated rings. The second-order valence-electron chi connectivity index (χ2n) is 5.68. The Bertz CT molecular complexity index is 991. The zero-order valence-corrected chi connectivity index (χ0v) is 16.1. The highest BCUT2D eigenvalue weighted by atomic mass is 32.1. The van der Waals surface area contributed by atoms with Crippen LogP contribution >= 0.6 is 22.7 Å². The molecule has 1 amide bonds. The molecule has 0 saturated heterocycles. The van der Waals surface area contributed by atoms with Crippen molar-refractivity contribution in [1.29, 1.82) is 5.26 Å². The van der Waals surface area contributed by atoms with E-state index < -0.39 is 5.91 Å². The van der Waals surface area contributed by atoms with Crippen molar-refractivity contribution in [3.63, 3.8) is 0 Å². The van der Waals surface area contributed by atoms with Crippen LogP contribution in [0.5, 0.6) is 0 Å². The number of hydrogen-bond acceptors (Lipinski definition) is 5. The van der Waals surface area contributed by atoms with Crippen LogP contribution in [0.4, 0.5) is 5.13 Å². The lowest BCUT2D eigenvalue weighted by atomic mass is 10.1. The van der Waals surface area contributed by atoms with Gasteiger partial charge in [-0.2, -0.15) is 5.26 Å². The molecule has 0 spiro atoms. The molecule has 26 heavy (non-hydrogen) atoms. The van der Waals surface area contributed by atoms with Crippen LogP contribution in [0.25, 0.3) is 17.3 Å². The minimum atomic E-state index is -0.442. The van der Waals surface area contributed by atoms with E-state index in [9.17, 15) is 10.1 Å². The molecule has 2 heterocycles. The lowest BCUT2D eigenvalue weighted by Gasteiger charge is -2.01. The molecule has 4 nitrogen and oxygen atoms in total. The first-order valence-electron chi connectivity index (χ1n) is 8.12. The molecule has 0 unspecified atom stereocenters. The molecule has 3 rings (SSSR count). The first-order valence-corrected chi connectivity index (χ1v) is 9.88. The Morgan fingerprint density at radius 2 is 2.04 bits per heavy atom. The Balaban J connectivity index is 1.75. The largest absolute Gasteiger partial charge is 0.297 e. The molecule has 1 N–H and O–H groups in total. The number of thiophene rings is 1. The topological polar surface area (TPSA) is 65.8 Å². The van der Waals surface area contributed by atoms with Gasteiger partial charge >= 0.3 is 0 Å². The molecule has 0 atom stereocenters. The number of nitriles is 1. The van der Waals surface area contributed by atoms with Gasteiger partial charge in [-0.15, -0.1) is 22.7 Å². The number of thiazole rings is 1. The van der Waals surface area contributed by atoms with Crippen molar-refractivity contribution in [2.24, 2.45) is 0 Å². The van der Waals surface area contributed by atoms with E-state index >= 15 is 0 Å². The maximum Gasteiger partial charge on any atom is 0.268 e. The van der Waals surface area contributed by atoms with Gasteiger partial charge in [0.25, 0.3) is 5.91 Å². The summed E-state index contributed by atoms with van der Waals surface area (Å²) in [6.07, 6.45) is 2.61. The molecule has 0 saturated carbocycles. The molecular weight excluding hydrogens is 362 g/mol. The number of carbonyl (C=O) groups is 1. The minimum Gasteiger partial charge on any atom is -0.297 e. The highest BCUT2D eigenvalue weighted by Crippen LogP contribution is 2.26. The second kappa shape index (κ2) is 8.09. The number of nitrogens with one attached hydrogen (secondary N) is 1. The first kappa shape index (κ1) is 18.1. The smallest absolute Gasteiger partial charge is 0.268 e. The van der Waals surface area contributed by atoms with E-state index in [1.54, 1.807) is 6.08 Å². The third kappa shape index (κ3) is 4.07. The molecule has 3 aromatic rings. The van der Waals surface area contributed by atoms with Crippen LogP contribution in [0, 0.1) is 18.3 Å². The summed E-state index contributed by atoms with van der Waals surface area (Å²) >= 11 is 2.85. The number of amides is 1. The van der Waals surface area contributed by atoms with Gasteiger partial charge in [-0.1, -0.05) is 31.2 Å². The van der Waals surface area contributed by atoms with Crippen LogP contribution in [-0.2, 0) is 11.2 Å². The zero-order valence-electron chi connectivity index (χ0n) is 14.4. The van der Waals surface area contributed by atoms with E-state index in [-0.39, 0.29) is 5.57 Å². The molecule has 0 bridgehead atoms. The summed E-state index contributed by atoms with van der Waals surface area (Å²) in [6, 6.07) is 12.1. The molecule has 0 aliphatic rings. The summed E-state index contributed by atoms with van der Waals surface area (Å²) < 4.78 is 0. The summed E-state index contributed by atoms with van der Waals surface area (Å²) in [4.78, 5) is 17.7. The number of aromatic nitrogens is 1. The lowest BCUT2D eigenvalue weighted by molar-refractivity contribution is -0.112. The monoisotopic (exact) mass is 379 g/mol. The first-order chi connectivity index (χ1) is 12.6. The molecule has 6 heteroatoms. The van der Waals surface area contributed by atoms with Crippen molar-refractivity contribution in [1.82, 2.24) is 4.98 Å². The Morgan fingerprint density at radius 1 is 1.27 bits per heavy atom. The van der Waals surface area contributed by atoms with Crippen molar-refractivity contribution < 1.29 is 4.79 Å². The Morgan fingerprint density at radius 3 is 2.65 bits per heavy atom. The number of benzene rings is 1. The van der Waals surface area contributed by atoms with Crippen molar-refractivity contribution in [3.8, 4) is 17.3 Å². The number of rotatable bonds is 5. The summed E-state index contributed by atoms with van der Waals surface area (Å²) in [5.41, 5.74) is 4.20. The molecular formula is C20H17N3OS2. The Labute approximate surface area is 160 Å². The second-order valence-corrected chi connectivity index (χ2v) is 7.49. The normalized spacial score (nSPS) is 11.2. The van der Waals surface area contributed by atoms with Gasteiger partial charge in [-0.05, 0) is 42.0 Å². The number of carbonyl (C=O) groups excluding carboxylic acids is 1. The van der Waals surface area contributed by atoms with Crippen molar-refractivity contribution in [3.05, 3.63) is 62.7 Å². The average Bonchev–Trinajstić information content (AvgIpc) is 3.28. The van der Waals surface area contributed by atoms with Gasteiger partial charge in [0.05, 0.1) is 5.69 Å². The van der Waals surface area contributed by atoms with E-state index in [2.05, 4.69) is 29.4 Å². The van der Waals surface area contributed by atoms with Gasteiger partial charge in [0, 0.05) is 15.8 Å². The molecule has 0 aliphatic heterocycles. The average molecular weight is 380 g/mol. The maximum absolute atomic E-state index is 12.4. The standard InChI is InChI=1S/C20H17N3OS2/c1-3-14-4-6-15(7-5-14)17-12-26-20(22-17)23-19(24)16(11-21)10-18-13(2)8-9-25-18/h4-10,12H,3H2,1-2H3,(H,22,23,24)/b16-10+. The van der Waals surface area contributed by atoms with E-state index in [0.717, 1.165) is 28.1 Å². The molecule has 2 aromatic heterocycles. The van der Waals surface area contributed by atoms with Gasteiger partial charge in [-0.3, -0.25) is 10.1 Å². The fourth-order valence-corrected chi connectivity index (χ4v) is 3.92. The molecule has 0 radical (unpaired) electrons. The van der Waals surface area contributed by atoms with Crippen LogP contribution in [0.2, 0.25) is 0 Å². The zero-order chi connectivity index (χ0) is 18.5. The van der Waals surface area contributed by atoms with Crippen molar-refractivity contribution in [2.75, 3.05) is 5.32 Å². The summed E-state index contributed by atoms with van der Waals surface area (Å²) in [6.45, 7) is 4.07. The van der Waals surface area contributed by atoms with Gasteiger partial charge in [0.15, 0.2) is 5.13 Å². The van der Waals surface area contributed by atoms with Crippen molar-refractivity contribution >= 4 is 39.8 Å². The van der Waals surface area contributed by atoms with Gasteiger partial charge in [0.1, 0.15) is 11.6 Å². The third-order valence-corrected chi connectivity index (χ3v) is 5.65. The van der Waals surface area contributed by atoms with Gasteiger partial charge in [-0.25, -0.2) is 4.98 Å². The minimum absolute atomic E-state index is 0.0691. The Kier molecular flexibility index (Phi) is 5.61. The van der Waals surface area contributed by atoms with Crippen LogP contribution in [0.15, 0.2) is 46.7 Å². The predicted octanol–water partition coefficient (Wildman–Crippen LogP) is 5.29. The van der Waals surface area contributed by atoms with Crippen LogP contribution in [0.3, 0.4) is 0 Å². The van der Waals surface area contributed by atoms with Crippen LogP contribution in [-0.4, -0.2) is 10.9 Å².